The molecule has 0 spiro atoms. The maximum absolute atomic E-state index is 12.5. The van der Waals surface area contributed by atoms with Crippen molar-refractivity contribution in [3.05, 3.63) is 30.3 Å². The Balaban J connectivity index is 2.17. The van der Waals surface area contributed by atoms with Crippen LogP contribution in [0.15, 0.2) is 35.4 Å². The number of hydrogen-bond donors (Lipinski definition) is 2. The Hall–Kier alpha value is -3.12. The number of para-hydroxylation sites is 1. The minimum atomic E-state index is -1.23. The molecule has 2 N–H and O–H groups in total. The first-order valence-corrected chi connectivity index (χ1v) is 6.88. The van der Waals surface area contributed by atoms with Gasteiger partial charge in [-0.3, -0.25) is 19.3 Å². The first-order valence-electron chi connectivity index (χ1n) is 6.47. The molecule has 0 bridgehead atoms. The van der Waals surface area contributed by atoms with Crippen LogP contribution in [0.4, 0.5) is 5.69 Å². The van der Waals surface area contributed by atoms with E-state index in [2.05, 4.69) is 15.8 Å². The first kappa shape index (κ1) is 16.3. The molecule has 0 aliphatic carbocycles. The standard InChI is InChI=1S/C14H11N5O3S/c15-7-6-11(20)18-16-8-10-12(21)17-14(23)19(13(10)22)9-4-2-1-3-5-9/h1-5,8,10H,6H2,(H,18,20)(H,17,21,23)/b16-8-/t10-/m1/s1. The summed E-state index contributed by atoms with van der Waals surface area (Å²) < 4.78 is 0. The van der Waals surface area contributed by atoms with Gasteiger partial charge in [0.1, 0.15) is 6.42 Å². The lowest BCUT2D eigenvalue weighted by Crippen LogP contribution is -2.58. The fourth-order valence-electron chi connectivity index (χ4n) is 1.84. The van der Waals surface area contributed by atoms with Crippen LogP contribution in [0.25, 0.3) is 0 Å². The number of thiocarbonyl (C=S) groups is 1. The van der Waals surface area contributed by atoms with Gasteiger partial charge in [0, 0.05) is 6.21 Å². The minimum Gasteiger partial charge on any atom is -0.301 e. The summed E-state index contributed by atoms with van der Waals surface area (Å²) in [5.41, 5.74) is 2.57. The molecule has 116 valence electrons. The number of amides is 3. The van der Waals surface area contributed by atoms with Crippen LogP contribution in [0.2, 0.25) is 0 Å². The van der Waals surface area contributed by atoms with Crippen molar-refractivity contribution in [2.45, 2.75) is 6.42 Å². The molecule has 8 nitrogen and oxygen atoms in total. The molecule has 1 atom stereocenters. The van der Waals surface area contributed by atoms with Crippen LogP contribution in [-0.2, 0) is 14.4 Å². The highest BCUT2D eigenvalue weighted by Crippen LogP contribution is 2.19. The number of nitrogens with one attached hydrogen (secondary N) is 2. The first-order chi connectivity index (χ1) is 11.0. The molecule has 1 aliphatic rings. The molecular formula is C14H11N5O3S. The number of hydrazone groups is 1. The number of carbonyl (C=O) groups is 3. The zero-order valence-corrected chi connectivity index (χ0v) is 12.5. The summed E-state index contributed by atoms with van der Waals surface area (Å²) in [6.07, 6.45) is 0.632. The SMILES string of the molecule is N#CCC(=O)N/N=C\[C@@H]1C(=O)NC(=S)N(c2ccccc2)C1=O. The van der Waals surface area contributed by atoms with E-state index in [1.54, 1.807) is 36.4 Å². The quantitative estimate of drug-likeness (QED) is 0.351. The number of nitriles is 1. The second-order valence-corrected chi connectivity index (χ2v) is 4.82. The zero-order chi connectivity index (χ0) is 16.8. The smallest absolute Gasteiger partial charge is 0.254 e. The minimum absolute atomic E-state index is 0.0237. The Bertz CT molecular complexity index is 726. The van der Waals surface area contributed by atoms with Gasteiger partial charge in [-0.25, -0.2) is 5.43 Å². The van der Waals surface area contributed by atoms with E-state index in [9.17, 15) is 14.4 Å². The van der Waals surface area contributed by atoms with E-state index in [-0.39, 0.29) is 11.5 Å². The largest absolute Gasteiger partial charge is 0.301 e. The van der Waals surface area contributed by atoms with Crippen LogP contribution in [0.1, 0.15) is 6.42 Å². The average Bonchev–Trinajstić information content (AvgIpc) is 2.51. The van der Waals surface area contributed by atoms with Gasteiger partial charge in [0.05, 0.1) is 11.8 Å². The Kier molecular flexibility index (Phi) is 5.11. The summed E-state index contributed by atoms with van der Waals surface area (Å²) in [5.74, 6) is -3.08. The lowest BCUT2D eigenvalue weighted by Gasteiger charge is -2.30. The molecule has 0 radical (unpaired) electrons. The Labute approximate surface area is 136 Å². The Morgan fingerprint density at radius 2 is 2.13 bits per heavy atom. The van der Waals surface area contributed by atoms with Gasteiger partial charge in [-0.05, 0) is 24.4 Å². The van der Waals surface area contributed by atoms with E-state index in [1.165, 1.54) is 4.90 Å². The van der Waals surface area contributed by atoms with E-state index < -0.39 is 23.6 Å². The highest BCUT2D eigenvalue weighted by Gasteiger charge is 2.38. The number of carbonyl (C=O) groups excluding carboxylic acids is 3. The average molecular weight is 329 g/mol. The Morgan fingerprint density at radius 1 is 1.43 bits per heavy atom. The summed E-state index contributed by atoms with van der Waals surface area (Å²) >= 11 is 5.03. The fraction of sp³-hybridized carbons (Fsp3) is 0.143. The maximum atomic E-state index is 12.5. The number of rotatable bonds is 4. The number of anilines is 1. The monoisotopic (exact) mass is 329 g/mol. The van der Waals surface area contributed by atoms with Gasteiger partial charge in [-0.1, -0.05) is 18.2 Å². The normalized spacial score (nSPS) is 17.8. The molecule has 23 heavy (non-hydrogen) atoms. The molecule has 1 heterocycles. The van der Waals surface area contributed by atoms with E-state index in [1.807, 2.05) is 0 Å². The van der Waals surface area contributed by atoms with Crippen molar-refractivity contribution < 1.29 is 14.4 Å². The van der Waals surface area contributed by atoms with E-state index in [0.29, 0.717) is 5.69 Å². The summed E-state index contributed by atoms with van der Waals surface area (Å²) in [7, 11) is 0. The number of benzene rings is 1. The van der Waals surface area contributed by atoms with Crippen molar-refractivity contribution in [2.24, 2.45) is 11.0 Å². The van der Waals surface area contributed by atoms with Gasteiger partial charge in [-0.15, -0.1) is 0 Å². The molecule has 1 aliphatic heterocycles. The van der Waals surface area contributed by atoms with Gasteiger partial charge in [-0.2, -0.15) is 10.4 Å². The van der Waals surface area contributed by atoms with Crippen molar-refractivity contribution >= 4 is 47.0 Å². The predicted molar refractivity (Wildman–Crippen MR) is 85.0 cm³/mol. The second kappa shape index (κ2) is 7.24. The molecule has 1 aromatic carbocycles. The van der Waals surface area contributed by atoms with Crippen LogP contribution < -0.4 is 15.6 Å². The number of hydrogen-bond acceptors (Lipinski definition) is 6. The van der Waals surface area contributed by atoms with Crippen molar-refractivity contribution in [2.75, 3.05) is 4.90 Å². The van der Waals surface area contributed by atoms with Crippen molar-refractivity contribution in [1.82, 2.24) is 10.7 Å². The molecule has 9 heteroatoms. The molecule has 0 unspecified atom stereocenters. The van der Waals surface area contributed by atoms with Gasteiger partial charge in [0.15, 0.2) is 11.0 Å². The van der Waals surface area contributed by atoms with Crippen LogP contribution in [-0.4, -0.2) is 29.0 Å². The molecule has 1 saturated heterocycles. The van der Waals surface area contributed by atoms with E-state index in [4.69, 9.17) is 17.5 Å². The maximum Gasteiger partial charge on any atom is 0.254 e. The van der Waals surface area contributed by atoms with Gasteiger partial charge in [0.25, 0.3) is 11.8 Å². The summed E-state index contributed by atoms with van der Waals surface area (Å²) in [4.78, 5) is 36.7. The second-order valence-electron chi connectivity index (χ2n) is 4.43. The summed E-state index contributed by atoms with van der Waals surface area (Å²) in [6, 6.07) is 10.2. The molecule has 0 aromatic heterocycles. The Morgan fingerprint density at radius 3 is 2.78 bits per heavy atom. The third-order valence-electron chi connectivity index (χ3n) is 2.87. The van der Waals surface area contributed by atoms with Crippen LogP contribution >= 0.6 is 12.2 Å². The van der Waals surface area contributed by atoms with E-state index in [0.717, 1.165) is 6.21 Å². The van der Waals surface area contributed by atoms with Crippen LogP contribution in [0.5, 0.6) is 0 Å². The topological polar surface area (TPSA) is 115 Å². The molecule has 1 fully saturated rings. The predicted octanol–water partition coefficient (Wildman–Crippen LogP) is 0.0662. The third-order valence-corrected chi connectivity index (χ3v) is 3.15. The van der Waals surface area contributed by atoms with Gasteiger partial charge < -0.3 is 5.32 Å². The lowest BCUT2D eigenvalue weighted by atomic mass is 10.1. The highest BCUT2D eigenvalue weighted by atomic mass is 32.1. The van der Waals surface area contributed by atoms with Crippen LogP contribution in [0, 0.1) is 17.2 Å². The molecule has 1 aromatic rings. The van der Waals surface area contributed by atoms with Crippen molar-refractivity contribution in [3.8, 4) is 6.07 Å². The van der Waals surface area contributed by atoms with Crippen LogP contribution in [0.3, 0.4) is 0 Å². The molecule has 2 rings (SSSR count). The molecule has 3 amide bonds. The third kappa shape index (κ3) is 3.75. The van der Waals surface area contributed by atoms with Gasteiger partial charge in [0.2, 0.25) is 5.91 Å². The summed E-state index contributed by atoms with van der Waals surface area (Å²) in [6.45, 7) is 0. The van der Waals surface area contributed by atoms with Crippen molar-refractivity contribution in [3.63, 3.8) is 0 Å². The fourth-order valence-corrected chi connectivity index (χ4v) is 2.13. The zero-order valence-electron chi connectivity index (χ0n) is 11.7. The molecule has 0 saturated carbocycles. The van der Waals surface area contributed by atoms with E-state index >= 15 is 0 Å². The molecular weight excluding hydrogens is 318 g/mol. The van der Waals surface area contributed by atoms with Gasteiger partial charge >= 0.3 is 0 Å². The number of nitrogens with zero attached hydrogens (tertiary/aromatic N) is 3. The highest BCUT2D eigenvalue weighted by molar-refractivity contribution is 7.80. The van der Waals surface area contributed by atoms with Crippen molar-refractivity contribution in [1.29, 1.82) is 5.26 Å². The lowest BCUT2D eigenvalue weighted by molar-refractivity contribution is -0.130. The summed E-state index contributed by atoms with van der Waals surface area (Å²) in [5, 5.41) is 14.3.